The van der Waals surface area contributed by atoms with Gasteiger partial charge in [-0.3, -0.25) is 0 Å². The van der Waals surface area contributed by atoms with Crippen LogP contribution in [0, 0.1) is 0 Å². The van der Waals surface area contributed by atoms with Crippen molar-refractivity contribution in [3.05, 3.63) is 18.6 Å². The normalized spacial score (nSPS) is 31.0. The summed E-state index contributed by atoms with van der Waals surface area (Å²) in [5.41, 5.74) is 0.653. The lowest BCUT2D eigenvalue weighted by atomic mass is 10.1. The summed E-state index contributed by atoms with van der Waals surface area (Å²) < 4.78 is 7.31. The van der Waals surface area contributed by atoms with Crippen LogP contribution in [0.5, 0.6) is 0 Å². The molecule has 2 aliphatic rings. The monoisotopic (exact) mass is 334 g/mol. The summed E-state index contributed by atoms with van der Waals surface area (Å²) in [5, 5.41) is 30.4. The molecule has 0 saturated carbocycles. The molecule has 0 unspecified atom stereocenters. The molecule has 0 spiro atoms. The van der Waals surface area contributed by atoms with Crippen LogP contribution in [0.1, 0.15) is 25.5 Å². The van der Waals surface area contributed by atoms with Gasteiger partial charge in [0.15, 0.2) is 6.23 Å². The molecule has 0 aliphatic carbocycles. The zero-order chi connectivity index (χ0) is 16.7. The predicted octanol–water partition coefficient (Wildman–Crippen LogP) is 0.0331. The number of fused-ring (bicyclic) bond motifs is 1. The van der Waals surface area contributed by atoms with Gasteiger partial charge in [0.1, 0.15) is 36.1 Å². The molecule has 0 aromatic carbocycles. The van der Waals surface area contributed by atoms with Gasteiger partial charge in [0.05, 0.1) is 12.0 Å². The second kappa shape index (κ2) is 6.29. The van der Waals surface area contributed by atoms with Crippen LogP contribution in [-0.2, 0) is 4.74 Å². The summed E-state index contributed by atoms with van der Waals surface area (Å²) in [6, 6.07) is 1.91. The van der Waals surface area contributed by atoms with Crippen LogP contribution in [0.2, 0.25) is 0 Å². The van der Waals surface area contributed by atoms with Gasteiger partial charge in [-0.15, -0.1) is 0 Å². The third-order valence-electron chi connectivity index (χ3n) is 4.94. The van der Waals surface area contributed by atoms with Crippen molar-refractivity contribution in [2.75, 3.05) is 24.6 Å². The summed E-state index contributed by atoms with van der Waals surface area (Å²) >= 11 is 0. The van der Waals surface area contributed by atoms with E-state index < -0.39 is 24.5 Å². The van der Waals surface area contributed by atoms with E-state index in [-0.39, 0.29) is 6.61 Å². The van der Waals surface area contributed by atoms with Crippen molar-refractivity contribution in [1.29, 1.82) is 0 Å². The lowest BCUT2D eigenvalue weighted by molar-refractivity contribution is -0.0508. The molecule has 130 valence electrons. The summed E-state index contributed by atoms with van der Waals surface area (Å²) in [5.74, 6) is 0.894. The Morgan fingerprint density at radius 3 is 2.62 bits per heavy atom. The average molecular weight is 334 g/mol. The molecule has 2 saturated heterocycles. The average Bonchev–Trinajstić information content (AvgIpc) is 3.17. The van der Waals surface area contributed by atoms with Gasteiger partial charge in [0, 0.05) is 19.3 Å². The maximum Gasteiger partial charge on any atom is 0.164 e. The zero-order valence-corrected chi connectivity index (χ0v) is 13.3. The molecule has 4 rings (SSSR count). The lowest BCUT2D eigenvalue weighted by Crippen LogP contribution is -2.33. The standard InChI is InChI=1S/C16H22N4O4/c21-8-11-12(22)13(23)16(24-11)20-7-4-10-14(17-9-18-15(10)20)19-5-2-1-3-6-19/h4,7,9,11-13,16,21-23H,1-3,5-6,8H2/t11-,12+,13+,16+/m0/s1. The van der Waals surface area contributed by atoms with Crippen LogP contribution < -0.4 is 4.90 Å². The van der Waals surface area contributed by atoms with Gasteiger partial charge in [-0.2, -0.15) is 0 Å². The van der Waals surface area contributed by atoms with Crippen molar-refractivity contribution >= 4 is 16.9 Å². The van der Waals surface area contributed by atoms with Crippen LogP contribution in [0.3, 0.4) is 0 Å². The van der Waals surface area contributed by atoms with E-state index in [2.05, 4.69) is 14.9 Å². The van der Waals surface area contributed by atoms with Crippen molar-refractivity contribution in [3.63, 3.8) is 0 Å². The Balaban J connectivity index is 1.71. The lowest BCUT2D eigenvalue weighted by Gasteiger charge is -2.28. The summed E-state index contributed by atoms with van der Waals surface area (Å²) in [6.07, 6.45) is 3.03. The highest BCUT2D eigenvalue weighted by Gasteiger charge is 2.43. The van der Waals surface area contributed by atoms with E-state index in [9.17, 15) is 15.3 Å². The van der Waals surface area contributed by atoms with Crippen LogP contribution in [-0.4, -0.2) is 67.9 Å². The van der Waals surface area contributed by atoms with Gasteiger partial charge in [-0.05, 0) is 25.3 Å². The molecule has 2 aromatic rings. The quantitative estimate of drug-likeness (QED) is 0.728. The molecule has 0 amide bonds. The Bertz CT molecular complexity index is 715. The topological polar surface area (TPSA) is 104 Å². The minimum atomic E-state index is -1.12. The van der Waals surface area contributed by atoms with Crippen molar-refractivity contribution in [2.24, 2.45) is 0 Å². The van der Waals surface area contributed by atoms with Crippen LogP contribution in [0.25, 0.3) is 11.0 Å². The van der Waals surface area contributed by atoms with Gasteiger partial charge < -0.3 is 29.5 Å². The highest BCUT2D eigenvalue weighted by molar-refractivity contribution is 5.88. The van der Waals surface area contributed by atoms with Crippen molar-refractivity contribution in [1.82, 2.24) is 14.5 Å². The second-order valence-electron chi connectivity index (χ2n) is 6.43. The number of nitrogens with zero attached hydrogens (tertiary/aromatic N) is 4. The number of aliphatic hydroxyl groups is 3. The first-order valence-corrected chi connectivity index (χ1v) is 8.39. The molecule has 4 atom stereocenters. The number of piperidine rings is 1. The number of hydrogen-bond donors (Lipinski definition) is 3. The molecule has 24 heavy (non-hydrogen) atoms. The molecule has 2 aliphatic heterocycles. The molecular formula is C16H22N4O4. The van der Waals surface area contributed by atoms with E-state index in [1.165, 1.54) is 12.7 Å². The first-order valence-electron chi connectivity index (χ1n) is 8.39. The molecule has 0 radical (unpaired) electrons. The van der Waals surface area contributed by atoms with Crippen molar-refractivity contribution < 1.29 is 20.1 Å². The van der Waals surface area contributed by atoms with Crippen LogP contribution in [0.4, 0.5) is 5.82 Å². The molecule has 4 heterocycles. The summed E-state index contributed by atoms with van der Waals surface area (Å²) in [6.45, 7) is 1.61. The fourth-order valence-electron chi connectivity index (χ4n) is 3.63. The maximum absolute atomic E-state index is 10.2. The van der Waals surface area contributed by atoms with Crippen molar-refractivity contribution in [3.8, 4) is 0 Å². The predicted molar refractivity (Wildman–Crippen MR) is 86.6 cm³/mol. The number of ether oxygens (including phenoxy) is 1. The summed E-state index contributed by atoms with van der Waals surface area (Å²) in [7, 11) is 0. The van der Waals surface area contributed by atoms with Gasteiger partial charge in [0.25, 0.3) is 0 Å². The maximum atomic E-state index is 10.2. The van der Waals surface area contributed by atoms with E-state index in [1.807, 2.05) is 6.07 Å². The highest BCUT2D eigenvalue weighted by Crippen LogP contribution is 2.34. The Kier molecular flexibility index (Phi) is 4.13. The number of aliphatic hydroxyl groups excluding tert-OH is 3. The van der Waals surface area contributed by atoms with E-state index in [0.29, 0.717) is 5.65 Å². The largest absolute Gasteiger partial charge is 0.394 e. The van der Waals surface area contributed by atoms with Gasteiger partial charge in [-0.25, -0.2) is 9.97 Å². The first kappa shape index (κ1) is 15.8. The summed E-state index contributed by atoms with van der Waals surface area (Å²) in [4.78, 5) is 11.0. The fourth-order valence-corrected chi connectivity index (χ4v) is 3.63. The number of anilines is 1. The highest BCUT2D eigenvalue weighted by atomic mass is 16.6. The third-order valence-corrected chi connectivity index (χ3v) is 4.94. The van der Waals surface area contributed by atoms with E-state index in [4.69, 9.17) is 4.74 Å². The Labute approximate surface area is 139 Å². The van der Waals surface area contributed by atoms with E-state index in [0.717, 1.165) is 37.1 Å². The Morgan fingerprint density at radius 1 is 1.12 bits per heavy atom. The zero-order valence-electron chi connectivity index (χ0n) is 13.3. The van der Waals surface area contributed by atoms with Crippen molar-refractivity contribution in [2.45, 2.75) is 43.8 Å². The molecule has 8 nitrogen and oxygen atoms in total. The Morgan fingerprint density at radius 2 is 1.92 bits per heavy atom. The third kappa shape index (κ3) is 2.46. The Hall–Kier alpha value is -1.74. The SMILES string of the molecule is OC[C@@H]1O[C@@H](n2ccc3c(N4CCCCC4)ncnc32)[C@H](O)[C@@H]1O. The minimum absolute atomic E-state index is 0.345. The number of rotatable bonds is 3. The molecule has 3 N–H and O–H groups in total. The molecule has 0 bridgehead atoms. The first-order chi connectivity index (χ1) is 11.7. The minimum Gasteiger partial charge on any atom is -0.394 e. The van der Waals surface area contributed by atoms with Gasteiger partial charge in [0.2, 0.25) is 0 Å². The van der Waals surface area contributed by atoms with Gasteiger partial charge in [-0.1, -0.05) is 0 Å². The van der Waals surface area contributed by atoms with Crippen LogP contribution >= 0.6 is 0 Å². The van der Waals surface area contributed by atoms with E-state index in [1.54, 1.807) is 10.8 Å². The molecule has 2 aromatic heterocycles. The molecule has 8 heteroatoms. The van der Waals surface area contributed by atoms with Gasteiger partial charge >= 0.3 is 0 Å². The van der Waals surface area contributed by atoms with E-state index >= 15 is 0 Å². The van der Waals surface area contributed by atoms with Crippen LogP contribution in [0.15, 0.2) is 18.6 Å². The second-order valence-corrected chi connectivity index (χ2v) is 6.43. The fraction of sp³-hybridized carbons (Fsp3) is 0.625. The molecule has 2 fully saturated rings. The number of hydrogen-bond acceptors (Lipinski definition) is 7. The number of aromatic nitrogens is 3. The smallest absolute Gasteiger partial charge is 0.164 e. The molecular weight excluding hydrogens is 312 g/mol.